The van der Waals surface area contributed by atoms with Crippen LogP contribution in [0.1, 0.15) is 22.9 Å². The molecule has 15 heteroatoms. The van der Waals surface area contributed by atoms with Gasteiger partial charge in [-0.15, -0.1) is 0 Å². The maximum atomic E-state index is 15.4. The number of carbonyl (C=O) groups is 1. The molecule has 42 heavy (non-hydrogen) atoms. The van der Waals surface area contributed by atoms with E-state index in [0.717, 1.165) is 11.8 Å². The third-order valence-corrected chi connectivity index (χ3v) is 6.94. The smallest absolute Gasteiger partial charge is 0.382 e. The van der Waals surface area contributed by atoms with E-state index < -0.39 is 35.1 Å². The third kappa shape index (κ3) is 5.57. The standard InChI is InChI=1S/C27H26F5N7O3/c1-38-7-8-42-12-21(38)23-16(11-41-2)22(24-25(33)34-13-35-39(23)24)14-3-6-19(18(29)9-14)36-26(40)37-20-10-15(27(30,31)32)4-5-17(20)28/h3-6,9-10,13,21H,7-8,11-12H2,1-2H3,(H2,33,34,35)(H2,36,37,40). The number of ether oxygens (including phenoxy) is 2. The van der Waals surface area contributed by atoms with E-state index in [9.17, 15) is 22.4 Å². The van der Waals surface area contributed by atoms with Gasteiger partial charge in [-0.1, -0.05) is 6.07 Å². The number of methoxy groups -OCH3 is 1. The zero-order valence-corrected chi connectivity index (χ0v) is 22.4. The summed E-state index contributed by atoms with van der Waals surface area (Å²) >= 11 is 0. The second kappa shape index (κ2) is 11.5. The Balaban J connectivity index is 1.50. The van der Waals surface area contributed by atoms with Crippen LogP contribution in [0.15, 0.2) is 42.7 Å². The Morgan fingerprint density at radius 3 is 2.60 bits per heavy atom. The van der Waals surface area contributed by atoms with Gasteiger partial charge in [0.1, 0.15) is 23.5 Å². The number of carbonyl (C=O) groups excluding carboxylic acids is 1. The molecule has 10 nitrogen and oxygen atoms in total. The molecule has 0 saturated carbocycles. The Hall–Kier alpha value is -4.34. The fraction of sp³-hybridized carbons (Fsp3) is 0.296. The van der Waals surface area contributed by atoms with E-state index >= 15 is 4.39 Å². The van der Waals surface area contributed by atoms with Crippen LogP contribution in [0.3, 0.4) is 0 Å². The highest BCUT2D eigenvalue weighted by Crippen LogP contribution is 2.40. The molecule has 2 aromatic carbocycles. The second-order valence-electron chi connectivity index (χ2n) is 9.61. The van der Waals surface area contributed by atoms with Crippen LogP contribution in [0.5, 0.6) is 0 Å². The van der Waals surface area contributed by atoms with Crippen LogP contribution in [0, 0.1) is 11.6 Å². The van der Waals surface area contributed by atoms with Gasteiger partial charge in [0.05, 0.1) is 48.5 Å². The number of benzene rings is 2. The van der Waals surface area contributed by atoms with Gasteiger partial charge in [0.25, 0.3) is 0 Å². The summed E-state index contributed by atoms with van der Waals surface area (Å²) in [5, 5.41) is 8.60. The number of aromatic nitrogens is 3. The molecule has 0 aliphatic carbocycles. The lowest BCUT2D eigenvalue weighted by Gasteiger charge is -2.32. The minimum Gasteiger partial charge on any atom is -0.382 e. The Bertz CT molecular complexity index is 1640. The zero-order chi connectivity index (χ0) is 30.2. The SMILES string of the molecule is COCc1c(-c2ccc(NC(=O)Nc3cc(C(F)(F)F)ccc3F)c(F)c2)c2c(N)ncnn2c1C1COCCN1C. The van der Waals surface area contributed by atoms with Gasteiger partial charge in [-0.05, 0) is 42.9 Å². The number of nitrogen functional groups attached to an aromatic ring is 1. The van der Waals surface area contributed by atoms with Crippen molar-refractivity contribution in [3.63, 3.8) is 0 Å². The Kier molecular flexibility index (Phi) is 7.99. The van der Waals surface area contributed by atoms with Crippen molar-refractivity contribution in [1.82, 2.24) is 19.5 Å². The summed E-state index contributed by atoms with van der Waals surface area (Å²) in [6, 6.07) is 4.16. The number of urea groups is 1. The van der Waals surface area contributed by atoms with Crippen molar-refractivity contribution in [1.29, 1.82) is 0 Å². The highest BCUT2D eigenvalue weighted by atomic mass is 19.4. The molecule has 222 valence electrons. The number of nitrogens with zero attached hydrogens (tertiary/aromatic N) is 4. The number of nitrogens with one attached hydrogen (secondary N) is 2. The van der Waals surface area contributed by atoms with Crippen LogP contribution >= 0.6 is 0 Å². The molecule has 4 aromatic rings. The molecule has 3 heterocycles. The molecule has 2 aromatic heterocycles. The number of alkyl halides is 3. The van der Waals surface area contributed by atoms with E-state index in [-0.39, 0.29) is 24.2 Å². The third-order valence-electron chi connectivity index (χ3n) is 6.94. The molecule has 1 saturated heterocycles. The highest BCUT2D eigenvalue weighted by Gasteiger charge is 2.33. The summed E-state index contributed by atoms with van der Waals surface area (Å²) in [4.78, 5) is 18.7. The van der Waals surface area contributed by atoms with Crippen LogP contribution in [0.4, 0.5) is 43.9 Å². The van der Waals surface area contributed by atoms with E-state index in [1.165, 1.54) is 25.6 Å². The molecule has 1 fully saturated rings. The van der Waals surface area contributed by atoms with E-state index in [2.05, 4.69) is 20.3 Å². The minimum atomic E-state index is -4.75. The molecular formula is C27H26F5N7O3. The van der Waals surface area contributed by atoms with Crippen LogP contribution in [-0.2, 0) is 22.3 Å². The van der Waals surface area contributed by atoms with Gasteiger partial charge < -0.3 is 25.8 Å². The summed E-state index contributed by atoms with van der Waals surface area (Å²) < 4.78 is 81.3. The lowest BCUT2D eigenvalue weighted by atomic mass is 9.98. The number of rotatable bonds is 6. The summed E-state index contributed by atoms with van der Waals surface area (Å²) in [5.74, 6) is -1.82. The normalized spacial score (nSPS) is 16.1. The summed E-state index contributed by atoms with van der Waals surface area (Å²) in [5.41, 5.74) is 6.84. The van der Waals surface area contributed by atoms with E-state index in [1.807, 2.05) is 12.4 Å². The van der Waals surface area contributed by atoms with Crippen molar-refractivity contribution in [2.45, 2.75) is 18.8 Å². The average Bonchev–Trinajstić information content (AvgIpc) is 3.26. The number of hydrogen-bond acceptors (Lipinski definition) is 7. The van der Waals surface area contributed by atoms with Gasteiger partial charge in [0.2, 0.25) is 0 Å². The van der Waals surface area contributed by atoms with E-state index in [1.54, 1.807) is 4.52 Å². The molecule has 0 spiro atoms. The van der Waals surface area contributed by atoms with Gasteiger partial charge in [0, 0.05) is 24.8 Å². The Morgan fingerprint density at radius 1 is 1.14 bits per heavy atom. The van der Waals surface area contributed by atoms with Crippen molar-refractivity contribution in [2.24, 2.45) is 0 Å². The number of anilines is 3. The van der Waals surface area contributed by atoms with Gasteiger partial charge in [-0.3, -0.25) is 4.90 Å². The van der Waals surface area contributed by atoms with Gasteiger partial charge in [0.15, 0.2) is 5.82 Å². The molecular weight excluding hydrogens is 565 g/mol. The van der Waals surface area contributed by atoms with Crippen LogP contribution in [0.2, 0.25) is 0 Å². The van der Waals surface area contributed by atoms with Gasteiger partial charge >= 0.3 is 12.2 Å². The van der Waals surface area contributed by atoms with Gasteiger partial charge in [-0.2, -0.15) is 18.3 Å². The molecule has 1 unspecified atom stereocenters. The first-order valence-corrected chi connectivity index (χ1v) is 12.6. The number of hydrogen-bond donors (Lipinski definition) is 3. The lowest BCUT2D eigenvalue weighted by molar-refractivity contribution is -0.137. The van der Waals surface area contributed by atoms with Crippen molar-refractivity contribution in [2.75, 3.05) is 50.3 Å². The molecule has 4 N–H and O–H groups in total. The van der Waals surface area contributed by atoms with Crippen LogP contribution in [0.25, 0.3) is 16.6 Å². The predicted octanol–water partition coefficient (Wildman–Crippen LogP) is 5.07. The molecule has 1 aliphatic heterocycles. The Morgan fingerprint density at radius 2 is 1.90 bits per heavy atom. The average molecular weight is 592 g/mol. The number of nitrogens with two attached hydrogens (primary N) is 1. The number of amides is 2. The summed E-state index contributed by atoms with van der Waals surface area (Å²) in [6.45, 7) is 1.74. The van der Waals surface area contributed by atoms with E-state index in [4.69, 9.17) is 15.2 Å². The summed E-state index contributed by atoms with van der Waals surface area (Å²) in [7, 11) is 3.47. The quantitative estimate of drug-likeness (QED) is 0.268. The highest BCUT2D eigenvalue weighted by molar-refractivity contribution is 6.00. The molecule has 5 rings (SSSR count). The molecule has 1 aliphatic rings. The maximum Gasteiger partial charge on any atom is 0.416 e. The van der Waals surface area contributed by atoms with Crippen LogP contribution < -0.4 is 16.4 Å². The topological polar surface area (TPSA) is 119 Å². The maximum absolute atomic E-state index is 15.4. The number of morpholine rings is 1. The minimum absolute atomic E-state index is 0.129. The monoisotopic (exact) mass is 591 g/mol. The second-order valence-corrected chi connectivity index (χ2v) is 9.61. The van der Waals surface area contributed by atoms with Crippen molar-refractivity contribution in [3.05, 3.63) is 71.2 Å². The number of fused-ring (bicyclic) bond motifs is 1. The molecule has 2 amide bonds. The van der Waals surface area contributed by atoms with Crippen molar-refractivity contribution < 1.29 is 36.2 Å². The predicted molar refractivity (Wildman–Crippen MR) is 144 cm³/mol. The number of halogens is 5. The number of likely N-dealkylation sites (N-methyl/N-ethyl adjacent to an activating group) is 1. The lowest BCUT2D eigenvalue weighted by Crippen LogP contribution is -2.37. The van der Waals surface area contributed by atoms with Gasteiger partial charge in [-0.25, -0.2) is 23.1 Å². The van der Waals surface area contributed by atoms with Crippen molar-refractivity contribution >= 4 is 28.7 Å². The molecule has 0 bridgehead atoms. The largest absolute Gasteiger partial charge is 0.416 e. The fourth-order valence-electron chi connectivity index (χ4n) is 4.95. The van der Waals surface area contributed by atoms with Crippen molar-refractivity contribution in [3.8, 4) is 11.1 Å². The first kappa shape index (κ1) is 29.2. The molecule has 0 radical (unpaired) electrons. The van der Waals surface area contributed by atoms with Crippen LogP contribution in [-0.4, -0.2) is 59.4 Å². The molecule has 1 atom stereocenters. The Labute approximate surface area is 236 Å². The first-order chi connectivity index (χ1) is 20.0. The fourth-order valence-corrected chi connectivity index (χ4v) is 4.95. The zero-order valence-electron chi connectivity index (χ0n) is 22.4. The summed E-state index contributed by atoms with van der Waals surface area (Å²) in [6.07, 6.45) is -3.43. The van der Waals surface area contributed by atoms with E-state index in [0.29, 0.717) is 60.2 Å². The first-order valence-electron chi connectivity index (χ1n) is 12.6.